The number of nitrogens with zero attached hydrogens (tertiary/aromatic N) is 3. The Kier molecular flexibility index (Phi) is 3.92. The van der Waals surface area contributed by atoms with Crippen molar-refractivity contribution in [3.05, 3.63) is 65.4 Å². The summed E-state index contributed by atoms with van der Waals surface area (Å²) in [5.74, 6) is 0.985. The van der Waals surface area contributed by atoms with Gasteiger partial charge in [-0.25, -0.2) is 4.99 Å². The van der Waals surface area contributed by atoms with Gasteiger partial charge in [-0.2, -0.15) is 5.26 Å². The molecule has 3 nitrogen and oxygen atoms in total. The molecule has 0 atom stereocenters. The van der Waals surface area contributed by atoms with E-state index in [9.17, 15) is 5.26 Å². The molecule has 0 unspecified atom stereocenters. The van der Waals surface area contributed by atoms with Crippen LogP contribution >= 0.6 is 0 Å². The zero-order valence-electron chi connectivity index (χ0n) is 15.6. The summed E-state index contributed by atoms with van der Waals surface area (Å²) in [5, 5.41) is 10.6. The molecule has 26 heavy (non-hydrogen) atoms. The molecule has 1 aliphatic carbocycles. The van der Waals surface area contributed by atoms with Crippen LogP contribution in [0, 0.1) is 16.7 Å². The predicted molar refractivity (Wildman–Crippen MR) is 108 cm³/mol. The summed E-state index contributed by atoms with van der Waals surface area (Å²) in [6.07, 6.45) is 11.5. The molecule has 0 spiro atoms. The third-order valence-electron chi connectivity index (χ3n) is 6.13. The lowest BCUT2D eigenvalue weighted by Gasteiger charge is -2.33. The molecule has 4 rings (SSSR count). The lowest BCUT2D eigenvalue weighted by Crippen LogP contribution is -2.23. The van der Waals surface area contributed by atoms with E-state index in [2.05, 4.69) is 55.7 Å². The predicted octanol–water partition coefficient (Wildman–Crippen LogP) is 5.85. The first-order valence-corrected chi connectivity index (χ1v) is 9.42. The van der Waals surface area contributed by atoms with Crippen LogP contribution in [-0.4, -0.2) is 10.3 Å². The normalized spacial score (nSPS) is 16.1. The molecule has 0 radical (unpaired) electrons. The summed E-state index contributed by atoms with van der Waals surface area (Å²) in [6.45, 7) is 6.81. The number of aromatic nitrogens is 1. The van der Waals surface area contributed by atoms with E-state index < -0.39 is 0 Å². The molecular weight excluding hydrogens is 318 g/mol. The van der Waals surface area contributed by atoms with Gasteiger partial charge in [0.2, 0.25) is 0 Å². The summed E-state index contributed by atoms with van der Waals surface area (Å²) in [4.78, 5) is 5.00. The molecule has 2 aromatic rings. The van der Waals surface area contributed by atoms with Gasteiger partial charge in [0.05, 0.1) is 16.8 Å². The van der Waals surface area contributed by atoms with Crippen LogP contribution in [-0.2, 0) is 0 Å². The SMILES string of the molecule is CCC(CC)(CC)C1=C(n2cc(C#N)c3ccccc32)N=C2C=CC=C21. The maximum absolute atomic E-state index is 9.58. The second-order valence-electron chi connectivity index (χ2n) is 7.02. The van der Waals surface area contributed by atoms with Gasteiger partial charge in [-0.1, -0.05) is 51.1 Å². The third kappa shape index (κ3) is 2.15. The number of para-hydroxylation sites is 1. The molecule has 0 amide bonds. The highest BCUT2D eigenvalue weighted by Gasteiger charge is 2.39. The van der Waals surface area contributed by atoms with Crippen molar-refractivity contribution < 1.29 is 0 Å². The Labute approximate surface area is 154 Å². The van der Waals surface area contributed by atoms with Crippen molar-refractivity contribution in [2.24, 2.45) is 10.4 Å². The molecule has 1 aromatic heterocycles. The van der Waals surface area contributed by atoms with Gasteiger partial charge in [-0.3, -0.25) is 4.57 Å². The lowest BCUT2D eigenvalue weighted by molar-refractivity contribution is 0.321. The van der Waals surface area contributed by atoms with Gasteiger partial charge >= 0.3 is 0 Å². The second kappa shape index (κ2) is 6.14. The Balaban J connectivity index is 2.05. The van der Waals surface area contributed by atoms with E-state index in [1.165, 1.54) is 11.1 Å². The fourth-order valence-corrected chi connectivity index (χ4v) is 4.43. The highest BCUT2D eigenvalue weighted by atomic mass is 15.1. The lowest BCUT2D eigenvalue weighted by atomic mass is 9.70. The summed E-state index contributed by atoms with van der Waals surface area (Å²) in [5.41, 5.74) is 5.46. The number of hydrogen-bond donors (Lipinski definition) is 0. The minimum Gasteiger partial charge on any atom is -0.300 e. The fourth-order valence-electron chi connectivity index (χ4n) is 4.43. The molecule has 1 aromatic carbocycles. The Morgan fingerprint density at radius 2 is 1.85 bits per heavy atom. The second-order valence-corrected chi connectivity index (χ2v) is 7.02. The molecule has 0 N–H and O–H groups in total. The summed E-state index contributed by atoms with van der Waals surface area (Å²) < 4.78 is 2.12. The van der Waals surface area contributed by atoms with Crippen molar-refractivity contribution in [2.45, 2.75) is 40.0 Å². The van der Waals surface area contributed by atoms with E-state index in [1.54, 1.807) is 0 Å². The summed E-state index contributed by atoms with van der Waals surface area (Å²) in [7, 11) is 0. The Morgan fingerprint density at radius 1 is 1.12 bits per heavy atom. The van der Waals surface area contributed by atoms with Gasteiger partial charge in [0.15, 0.2) is 0 Å². The van der Waals surface area contributed by atoms with Gasteiger partial charge in [0.25, 0.3) is 0 Å². The van der Waals surface area contributed by atoms with Crippen molar-refractivity contribution in [1.82, 2.24) is 4.57 Å². The molecule has 3 heteroatoms. The number of rotatable bonds is 5. The van der Waals surface area contributed by atoms with Gasteiger partial charge in [-0.05, 0) is 36.8 Å². The standard InChI is InChI=1S/C23H23N3/c1-4-23(5-2,6-3)21-18-11-9-12-19(18)25-22(21)26-15-16(14-24)17-10-7-8-13-20(17)26/h7-13,15H,4-6H2,1-3H3. The Morgan fingerprint density at radius 3 is 2.54 bits per heavy atom. The molecule has 2 heterocycles. The van der Waals surface area contributed by atoms with E-state index in [-0.39, 0.29) is 5.41 Å². The monoisotopic (exact) mass is 341 g/mol. The number of hydrogen-bond acceptors (Lipinski definition) is 2. The average molecular weight is 341 g/mol. The maximum Gasteiger partial charge on any atom is 0.142 e. The largest absolute Gasteiger partial charge is 0.300 e. The molecule has 2 aliphatic rings. The van der Waals surface area contributed by atoms with Crippen LogP contribution in [0.2, 0.25) is 0 Å². The van der Waals surface area contributed by atoms with E-state index in [1.807, 2.05) is 24.4 Å². The Hall–Kier alpha value is -2.86. The molecule has 0 fully saturated rings. The number of fused-ring (bicyclic) bond motifs is 2. The first-order valence-electron chi connectivity index (χ1n) is 9.42. The number of nitriles is 1. The minimum absolute atomic E-state index is 0.0939. The molecule has 0 saturated heterocycles. The van der Waals surface area contributed by atoms with Gasteiger partial charge in [0.1, 0.15) is 11.9 Å². The number of aliphatic imine (C=N–C) groups is 1. The fraction of sp³-hybridized carbons (Fsp3) is 0.304. The van der Waals surface area contributed by atoms with Crippen molar-refractivity contribution in [3.63, 3.8) is 0 Å². The molecule has 0 bridgehead atoms. The molecule has 130 valence electrons. The van der Waals surface area contributed by atoms with E-state index >= 15 is 0 Å². The first kappa shape index (κ1) is 16.6. The topological polar surface area (TPSA) is 41.1 Å². The quantitative estimate of drug-likeness (QED) is 0.672. The van der Waals surface area contributed by atoms with Crippen LogP contribution in [0.5, 0.6) is 0 Å². The third-order valence-corrected chi connectivity index (χ3v) is 6.13. The summed E-state index contributed by atoms with van der Waals surface area (Å²) >= 11 is 0. The van der Waals surface area contributed by atoms with Crippen molar-refractivity contribution >= 4 is 22.4 Å². The van der Waals surface area contributed by atoms with Crippen LogP contribution in [0.3, 0.4) is 0 Å². The van der Waals surface area contributed by atoms with Crippen LogP contribution in [0.1, 0.15) is 45.6 Å². The smallest absolute Gasteiger partial charge is 0.142 e. The van der Waals surface area contributed by atoms with Crippen LogP contribution < -0.4 is 0 Å². The zero-order valence-corrected chi connectivity index (χ0v) is 15.6. The van der Waals surface area contributed by atoms with Gasteiger partial charge in [-0.15, -0.1) is 0 Å². The number of benzene rings is 1. The maximum atomic E-state index is 9.58. The van der Waals surface area contributed by atoms with E-state index in [4.69, 9.17) is 4.99 Å². The van der Waals surface area contributed by atoms with Crippen molar-refractivity contribution in [3.8, 4) is 6.07 Å². The van der Waals surface area contributed by atoms with Gasteiger partial charge < -0.3 is 0 Å². The first-order chi connectivity index (χ1) is 12.7. The van der Waals surface area contributed by atoms with E-state index in [0.717, 1.165) is 41.7 Å². The van der Waals surface area contributed by atoms with Crippen LogP contribution in [0.25, 0.3) is 16.7 Å². The zero-order chi connectivity index (χ0) is 18.3. The molecule has 1 aliphatic heterocycles. The average Bonchev–Trinajstić information content (AvgIpc) is 3.36. The Bertz CT molecular complexity index is 1040. The molecule has 0 saturated carbocycles. The van der Waals surface area contributed by atoms with Crippen LogP contribution in [0.4, 0.5) is 0 Å². The highest BCUT2D eigenvalue weighted by molar-refractivity contribution is 6.19. The van der Waals surface area contributed by atoms with Crippen molar-refractivity contribution in [2.75, 3.05) is 0 Å². The minimum atomic E-state index is 0.0939. The highest BCUT2D eigenvalue weighted by Crippen LogP contribution is 2.49. The van der Waals surface area contributed by atoms with Gasteiger partial charge in [0, 0.05) is 22.7 Å². The summed E-state index contributed by atoms with van der Waals surface area (Å²) in [6, 6.07) is 10.4. The number of allylic oxidation sites excluding steroid dienone is 5. The molecular formula is C23H23N3. The van der Waals surface area contributed by atoms with Crippen LogP contribution in [0.15, 0.2) is 64.8 Å². The van der Waals surface area contributed by atoms with E-state index in [0.29, 0.717) is 5.56 Å². The van der Waals surface area contributed by atoms with Crippen molar-refractivity contribution in [1.29, 1.82) is 5.26 Å².